The Hall–Kier alpha value is -2.44. The number of hydrogen-bond acceptors (Lipinski definition) is 4. The van der Waals surface area contributed by atoms with Gasteiger partial charge in [-0.3, -0.25) is 5.32 Å². The molecule has 18 heavy (non-hydrogen) atoms. The highest BCUT2D eigenvalue weighted by atomic mass is 16.2. The maximum absolute atomic E-state index is 11.7. The molecule has 0 bridgehead atoms. The van der Waals surface area contributed by atoms with Crippen LogP contribution in [0.3, 0.4) is 0 Å². The van der Waals surface area contributed by atoms with E-state index in [-0.39, 0.29) is 12.1 Å². The second-order valence-corrected chi connectivity index (χ2v) is 3.84. The zero-order valence-electron chi connectivity index (χ0n) is 10.2. The molecule has 2 heterocycles. The van der Waals surface area contributed by atoms with Crippen molar-refractivity contribution in [3.63, 3.8) is 0 Å². The molecular weight excluding hydrogens is 232 g/mol. The van der Waals surface area contributed by atoms with E-state index in [4.69, 9.17) is 0 Å². The number of aromatic nitrogens is 4. The topological polar surface area (TPSA) is 84.7 Å². The van der Waals surface area contributed by atoms with Gasteiger partial charge >= 0.3 is 6.03 Å². The summed E-state index contributed by atoms with van der Waals surface area (Å²) < 4.78 is 1.76. The first-order valence-corrected chi connectivity index (χ1v) is 5.49. The summed E-state index contributed by atoms with van der Waals surface area (Å²) in [4.78, 5) is 15.7. The number of amides is 2. The minimum absolute atomic E-state index is 0.235. The number of anilines is 1. The zero-order chi connectivity index (χ0) is 13.0. The lowest BCUT2D eigenvalue weighted by molar-refractivity contribution is 0.248. The van der Waals surface area contributed by atoms with Crippen LogP contribution in [0.1, 0.15) is 18.8 Å². The fraction of sp³-hybridized carbons (Fsp3) is 0.273. The number of hydrogen-bond donors (Lipinski definition) is 2. The van der Waals surface area contributed by atoms with Crippen molar-refractivity contribution < 1.29 is 4.79 Å². The van der Waals surface area contributed by atoms with E-state index in [9.17, 15) is 4.79 Å². The van der Waals surface area contributed by atoms with Gasteiger partial charge in [0.1, 0.15) is 12.1 Å². The molecule has 0 saturated heterocycles. The maximum atomic E-state index is 11.7. The van der Waals surface area contributed by atoms with Crippen molar-refractivity contribution in [2.45, 2.75) is 13.0 Å². The average molecular weight is 246 g/mol. The summed E-state index contributed by atoms with van der Waals surface area (Å²) in [6.45, 7) is 1.84. The van der Waals surface area contributed by atoms with Gasteiger partial charge in [-0.05, 0) is 19.1 Å². The van der Waals surface area contributed by atoms with Gasteiger partial charge in [0.2, 0.25) is 0 Å². The Balaban J connectivity index is 1.94. The molecule has 2 rings (SSSR count). The second kappa shape index (κ2) is 5.26. The molecular formula is C11H14N6O. The van der Waals surface area contributed by atoms with Crippen molar-refractivity contribution in [1.82, 2.24) is 25.1 Å². The van der Waals surface area contributed by atoms with E-state index in [1.165, 1.54) is 0 Å². The van der Waals surface area contributed by atoms with Crippen molar-refractivity contribution in [2.24, 2.45) is 7.05 Å². The average Bonchev–Trinajstić information content (AvgIpc) is 2.76. The summed E-state index contributed by atoms with van der Waals surface area (Å²) in [5.74, 6) is 1.19. The minimum Gasteiger partial charge on any atom is -0.328 e. The molecule has 1 atom stereocenters. The Bertz CT molecular complexity index is 523. The third kappa shape index (κ3) is 2.82. The lowest BCUT2D eigenvalue weighted by atomic mass is 10.3. The van der Waals surface area contributed by atoms with Crippen LogP contribution >= 0.6 is 0 Å². The summed E-state index contributed by atoms with van der Waals surface area (Å²) in [5.41, 5.74) is 0. The van der Waals surface area contributed by atoms with Crippen molar-refractivity contribution in [3.8, 4) is 0 Å². The fourth-order valence-electron chi connectivity index (χ4n) is 1.53. The molecule has 2 N–H and O–H groups in total. The van der Waals surface area contributed by atoms with E-state index in [0.717, 1.165) is 0 Å². The summed E-state index contributed by atoms with van der Waals surface area (Å²) >= 11 is 0. The van der Waals surface area contributed by atoms with Crippen LogP contribution in [0, 0.1) is 0 Å². The fourth-order valence-corrected chi connectivity index (χ4v) is 1.53. The molecule has 94 valence electrons. The van der Waals surface area contributed by atoms with Gasteiger partial charge in [-0.1, -0.05) is 6.07 Å². The van der Waals surface area contributed by atoms with Gasteiger partial charge < -0.3 is 9.88 Å². The van der Waals surface area contributed by atoms with Gasteiger partial charge in [0, 0.05) is 13.2 Å². The lowest BCUT2D eigenvalue weighted by Crippen LogP contribution is -2.32. The molecule has 7 heteroatoms. The lowest BCUT2D eigenvalue weighted by Gasteiger charge is -2.13. The Morgan fingerprint density at radius 3 is 2.89 bits per heavy atom. The van der Waals surface area contributed by atoms with Crippen LogP contribution in [0.5, 0.6) is 0 Å². The second-order valence-electron chi connectivity index (χ2n) is 3.84. The van der Waals surface area contributed by atoms with Crippen molar-refractivity contribution in [2.75, 3.05) is 5.32 Å². The molecule has 2 aromatic heterocycles. The van der Waals surface area contributed by atoms with Gasteiger partial charge in [-0.15, -0.1) is 10.2 Å². The molecule has 0 saturated carbocycles. The number of pyridine rings is 1. The minimum atomic E-state index is -0.329. The molecule has 7 nitrogen and oxygen atoms in total. The van der Waals surface area contributed by atoms with Gasteiger partial charge in [-0.2, -0.15) is 0 Å². The van der Waals surface area contributed by atoms with Crippen LogP contribution in [0.25, 0.3) is 0 Å². The highest BCUT2D eigenvalue weighted by Crippen LogP contribution is 2.07. The van der Waals surface area contributed by atoms with E-state index in [2.05, 4.69) is 25.8 Å². The highest BCUT2D eigenvalue weighted by Gasteiger charge is 2.14. The van der Waals surface area contributed by atoms with Crippen LogP contribution in [0.2, 0.25) is 0 Å². The maximum Gasteiger partial charge on any atom is 0.320 e. The van der Waals surface area contributed by atoms with E-state index in [1.54, 1.807) is 35.3 Å². The number of nitrogens with one attached hydrogen (secondary N) is 2. The SMILES string of the molecule is CC(NC(=O)Nc1ccccn1)c1nncn1C. The Morgan fingerprint density at radius 1 is 1.44 bits per heavy atom. The van der Waals surface area contributed by atoms with Gasteiger partial charge in [-0.25, -0.2) is 9.78 Å². The summed E-state index contributed by atoms with van der Waals surface area (Å²) in [6, 6.07) is 4.73. The number of carbonyl (C=O) groups is 1. The zero-order valence-corrected chi connectivity index (χ0v) is 10.2. The monoisotopic (exact) mass is 246 g/mol. The van der Waals surface area contributed by atoms with E-state index in [0.29, 0.717) is 11.6 Å². The molecule has 0 aliphatic carbocycles. The number of nitrogens with zero attached hydrogens (tertiary/aromatic N) is 4. The first-order valence-electron chi connectivity index (χ1n) is 5.49. The van der Waals surface area contributed by atoms with Gasteiger partial charge in [0.05, 0.1) is 6.04 Å². The van der Waals surface area contributed by atoms with Gasteiger partial charge in [0.15, 0.2) is 5.82 Å². The molecule has 0 fully saturated rings. The van der Waals surface area contributed by atoms with Crippen LogP contribution in [-0.2, 0) is 7.05 Å². The van der Waals surface area contributed by atoms with Gasteiger partial charge in [0.25, 0.3) is 0 Å². The molecule has 0 aromatic carbocycles. The van der Waals surface area contributed by atoms with Crippen LogP contribution in [0.4, 0.5) is 10.6 Å². The smallest absolute Gasteiger partial charge is 0.320 e. The molecule has 0 spiro atoms. The summed E-state index contributed by atoms with van der Waals surface area (Å²) in [5, 5.41) is 13.1. The number of carbonyl (C=O) groups excluding carboxylic acids is 1. The van der Waals surface area contributed by atoms with Crippen LogP contribution in [0.15, 0.2) is 30.7 Å². The normalized spacial score (nSPS) is 11.9. The molecule has 0 aliphatic rings. The summed E-state index contributed by atoms with van der Waals surface area (Å²) in [6.07, 6.45) is 3.20. The van der Waals surface area contributed by atoms with Crippen LogP contribution in [-0.4, -0.2) is 25.8 Å². The van der Waals surface area contributed by atoms with E-state index < -0.39 is 0 Å². The molecule has 1 unspecified atom stereocenters. The number of aryl methyl sites for hydroxylation is 1. The molecule has 0 radical (unpaired) electrons. The van der Waals surface area contributed by atoms with E-state index >= 15 is 0 Å². The van der Waals surface area contributed by atoms with E-state index in [1.807, 2.05) is 14.0 Å². The van der Waals surface area contributed by atoms with Crippen LogP contribution < -0.4 is 10.6 Å². The number of rotatable bonds is 3. The number of urea groups is 1. The van der Waals surface area contributed by atoms with Crippen molar-refractivity contribution in [3.05, 3.63) is 36.5 Å². The predicted octanol–water partition coefficient (Wildman–Crippen LogP) is 1.09. The Morgan fingerprint density at radius 2 is 2.28 bits per heavy atom. The van der Waals surface area contributed by atoms with Crippen molar-refractivity contribution >= 4 is 11.8 Å². The molecule has 2 amide bonds. The Kier molecular flexibility index (Phi) is 3.52. The third-order valence-electron chi connectivity index (χ3n) is 2.39. The predicted molar refractivity (Wildman–Crippen MR) is 65.8 cm³/mol. The Labute approximate surface area is 104 Å². The first-order chi connectivity index (χ1) is 8.66. The summed E-state index contributed by atoms with van der Waals surface area (Å²) in [7, 11) is 1.82. The molecule has 0 aliphatic heterocycles. The largest absolute Gasteiger partial charge is 0.328 e. The van der Waals surface area contributed by atoms with Crippen molar-refractivity contribution in [1.29, 1.82) is 0 Å². The molecule has 2 aromatic rings. The standard InChI is InChI=1S/C11H14N6O/c1-8(10-16-13-7-17(10)2)14-11(18)15-9-5-3-4-6-12-9/h3-8H,1-2H3,(H2,12,14,15,18). The first kappa shape index (κ1) is 12.0. The quantitative estimate of drug-likeness (QED) is 0.849. The third-order valence-corrected chi connectivity index (χ3v) is 2.39. The highest BCUT2D eigenvalue weighted by molar-refractivity contribution is 5.88.